The SMILES string of the molecule is O=C(NCCN1CCNCC1)C1CCN(C(=O)COc2ccccc2)CC1. The summed E-state index contributed by atoms with van der Waals surface area (Å²) in [5.74, 6) is 0.811. The molecule has 0 atom stereocenters. The third-order valence-corrected chi connectivity index (χ3v) is 5.26. The number of rotatable bonds is 7. The number of carbonyl (C=O) groups excluding carboxylic acids is 2. The second kappa shape index (κ2) is 10.3. The first-order valence-corrected chi connectivity index (χ1v) is 9.89. The fourth-order valence-corrected chi connectivity index (χ4v) is 3.56. The molecule has 0 spiro atoms. The molecule has 1 aromatic rings. The van der Waals surface area contributed by atoms with E-state index in [1.165, 1.54) is 0 Å². The van der Waals surface area contributed by atoms with Crippen LogP contribution < -0.4 is 15.4 Å². The van der Waals surface area contributed by atoms with Crippen LogP contribution in [0.4, 0.5) is 0 Å². The number of para-hydroxylation sites is 1. The number of hydrogen-bond donors (Lipinski definition) is 2. The lowest BCUT2D eigenvalue weighted by atomic mass is 9.96. The van der Waals surface area contributed by atoms with Gasteiger partial charge in [-0.2, -0.15) is 0 Å². The van der Waals surface area contributed by atoms with Crippen molar-refractivity contribution in [1.82, 2.24) is 20.4 Å². The standard InChI is InChI=1S/C20H30N4O3/c25-19(16-27-18-4-2-1-3-5-18)24-11-6-17(7-12-24)20(26)22-10-15-23-13-8-21-9-14-23/h1-5,17,21H,6-16H2,(H,22,26). The van der Waals surface area contributed by atoms with E-state index in [9.17, 15) is 9.59 Å². The molecule has 2 aliphatic rings. The summed E-state index contributed by atoms with van der Waals surface area (Å²) in [6.45, 7) is 7.02. The zero-order valence-electron chi connectivity index (χ0n) is 15.9. The van der Waals surface area contributed by atoms with Gasteiger partial charge in [0, 0.05) is 58.3 Å². The predicted octanol–water partition coefficient (Wildman–Crippen LogP) is 0.325. The van der Waals surface area contributed by atoms with Crippen LogP contribution in [0.3, 0.4) is 0 Å². The summed E-state index contributed by atoms with van der Waals surface area (Å²) in [6, 6.07) is 9.35. The molecular formula is C20H30N4O3. The van der Waals surface area contributed by atoms with Crippen molar-refractivity contribution in [1.29, 1.82) is 0 Å². The maximum absolute atomic E-state index is 12.4. The Labute approximate surface area is 161 Å². The third-order valence-electron chi connectivity index (χ3n) is 5.26. The second-order valence-electron chi connectivity index (χ2n) is 7.14. The zero-order chi connectivity index (χ0) is 18.9. The van der Waals surface area contributed by atoms with E-state index >= 15 is 0 Å². The van der Waals surface area contributed by atoms with Crippen LogP contribution in [-0.2, 0) is 9.59 Å². The van der Waals surface area contributed by atoms with E-state index in [4.69, 9.17) is 4.74 Å². The molecule has 0 saturated carbocycles. The van der Waals surface area contributed by atoms with Gasteiger partial charge in [0.1, 0.15) is 5.75 Å². The van der Waals surface area contributed by atoms with Gasteiger partial charge >= 0.3 is 0 Å². The van der Waals surface area contributed by atoms with Crippen LogP contribution in [0.2, 0.25) is 0 Å². The molecule has 0 unspecified atom stereocenters. The summed E-state index contributed by atoms with van der Waals surface area (Å²) in [5.41, 5.74) is 0. The topological polar surface area (TPSA) is 73.9 Å². The lowest BCUT2D eigenvalue weighted by Gasteiger charge is -2.31. The molecule has 3 rings (SSSR count). The molecule has 7 nitrogen and oxygen atoms in total. The Bertz CT molecular complexity index is 597. The van der Waals surface area contributed by atoms with Gasteiger partial charge in [-0.1, -0.05) is 18.2 Å². The monoisotopic (exact) mass is 374 g/mol. The Morgan fingerprint density at radius 3 is 2.48 bits per heavy atom. The molecular weight excluding hydrogens is 344 g/mol. The van der Waals surface area contributed by atoms with Crippen LogP contribution in [0.15, 0.2) is 30.3 Å². The summed E-state index contributed by atoms with van der Waals surface area (Å²) in [5, 5.41) is 6.39. The molecule has 148 valence electrons. The maximum Gasteiger partial charge on any atom is 0.260 e. The fourth-order valence-electron chi connectivity index (χ4n) is 3.56. The minimum atomic E-state index is -0.0172. The number of likely N-dealkylation sites (tertiary alicyclic amines) is 1. The molecule has 2 fully saturated rings. The minimum absolute atomic E-state index is 0.00659. The van der Waals surface area contributed by atoms with E-state index in [1.54, 1.807) is 4.90 Å². The van der Waals surface area contributed by atoms with Gasteiger partial charge in [-0.15, -0.1) is 0 Å². The van der Waals surface area contributed by atoms with Gasteiger partial charge in [0.25, 0.3) is 5.91 Å². The highest BCUT2D eigenvalue weighted by Crippen LogP contribution is 2.18. The highest BCUT2D eigenvalue weighted by Gasteiger charge is 2.27. The number of amides is 2. The number of ether oxygens (including phenoxy) is 1. The van der Waals surface area contributed by atoms with Gasteiger partial charge in [0.05, 0.1) is 0 Å². The number of nitrogens with zero attached hydrogens (tertiary/aromatic N) is 2. The number of benzene rings is 1. The lowest BCUT2D eigenvalue weighted by molar-refractivity contribution is -0.137. The maximum atomic E-state index is 12.4. The van der Waals surface area contributed by atoms with Crippen LogP contribution >= 0.6 is 0 Å². The van der Waals surface area contributed by atoms with Gasteiger partial charge < -0.3 is 20.3 Å². The molecule has 2 amide bonds. The Morgan fingerprint density at radius 1 is 1.07 bits per heavy atom. The van der Waals surface area contributed by atoms with Crippen LogP contribution in [0.5, 0.6) is 5.75 Å². The second-order valence-corrected chi connectivity index (χ2v) is 7.14. The van der Waals surface area contributed by atoms with Crippen molar-refractivity contribution in [2.24, 2.45) is 5.92 Å². The van der Waals surface area contributed by atoms with Crippen molar-refractivity contribution in [3.8, 4) is 5.75 Å². The van der Waals surface area contributed by atoms with Crippen LogP contribution in [0.25, 0.3) is 0 Å². The van der Waals surface area contributed by atoms with E-state index in [1.807, 2.05) is 30.3 Å². The van der Waals surface area contributed by atoms with E-state index in [0.717, 1.165) is 45.6 Å². The Balaban J connectivity index is 1.31. The molecule has 0 aromatic heterocycles. The molecule has 27 heavy (non-hydrogen) atoms. The Hall–Kier alpha value is -2.12. The average Bonchev–Trinajstić information content (AvgIpc) is 2.73. The van der Waals surface area contributed by atoms with Gasteiger partial charge in [0.15, 0.2) is 6.61 Å². The molecule has 1 aromatic carbocycles. The molecule has 0 aliphatic carbocycles. The quantitative estimate of drug-likeness (QED) is 0.719. The van der Waals surface area contributed by atoms with Gasteiger partial charge in [-0.05, 0) is 25.0 Å². The van der Waals surface area contributed by atoms with Crippen LogP contribution in [-0.4, -0.2) is 80.6 Å². The summed E-state index contributed by atoms with van der Waals surface area (Å²) in [4.78, 5) is 28.8. The molecule has 0 bridgehead atoms. The van der Waals surface area contributed by atoms with Gasteiger partial charge in [-0.25, -0.2) is 0 Å². The summed E-state index contributed by atoms with van der Waals surface area (Å²) in [6.07, 6.45) is 1.44. The normalized spacial score (nSPS) is 18.9. The first-order chi connectivity index (χ1) is 13.2. The van der Waals surface area contributed by atoms with E-state index in [-0.39, 0.29) is 24.3 Å². The third kappa shape index (κ3) is 6.22. The van der Waals surface area contributed by atoms with Gasteiger partial charge in [-0.3, -0.25) is 14.5 Å². The first kappa shape index (κ1) is 19.6. The molecule has 2 saturated heterocycles. The molecule has 2 aliphatic heterocycles. The van der Waals surface area contributed by atoms with Crippen molar-refractivity contribution in [3.63, 3.8) is 0 Å². The van der Waals surface area contributed by atoms with E-state index in [2.05, 4.69) is 15.5 Å². The first-order valence-electron chi connectivity index (χ1n) is 9.89. The molecule has 2 heterocycles. The molecule has 2 N–H and O–H groups in total. The molecule has 7 heteroatoms. The zero-order valence-corrected chi connectivity index (χ0v) is 15.9. The Kier molecular flexibility index (Phi) is 7.47. The predicted molar refractivity (Wildman–Crippen MR) is 104 cm³/mol. The van der Waals surface area contributed by atoms with Crippen molar-refractivity contribution in [3.05, 3.63) is 30.3 Å². The van der Waals surface area contributed by atoms with E-state index in [0.29, 0.717) is 25.4 Å². The van der Waals surface area contributed by atoms with Crippen LogP contribution in [0, 0.1) is 5.92 Å². The van der Waals surface area contributed by atoms with Crippen molar-refractivity contribution in [2.75, 3.05) is 59.0 Å². The highest BCUT2D eigenvalue weighted by molar-refractivity contribution is 5.80. The van der Waals surface area contributed by atoms with Crippen molar-refractivity contribution < 1.29 is 14.3 Å². The smallest absolute Gasteiger partial charge is 0.260 e. The molecule has 0 radical (unpaired) electrons. The number of hydrogen-bond acceptors (Lipinski definition) is 5. The largest absolute Gasteiger partial charge is 0.484 e. The highest BCUT2D eigenvalue weighted by atomic mass is 16.5. The number of piperidine rings is 1. The number of carbonyl (C=O) groups is 2. The number of piperazine rings is 1. The Morgan fingerprint density at radius 2 is 1.78 bits per heavy atom. The summed E-state index contributed by atoms with van der Waals surface area (Å²) in [7, 11) is 0. The van der Waals surface area contributed by atoms with Crippen molar-refractivity contribution in [2.45, 2.75) is 12.8 Å². The van der Waals surface area contributed by atoms with Crippen molar-refractivity contribution >= 4 is 11.8 Å². The minimum Gasteiger partial charge on any atom is -0.484 e. The lowest BCUT2D eigenvalue weighted by Crippen LogP contribution is -2.48. The van der Waals surface area contributed by atoms with E-state index < -0.39 is 0 Å². The fraction of sp³-hybridized carbons (Fsp3) is 0.600. The summed E-state index contributed by atoms with van der Waals surface area (Å²) >= 11 is 0. The van der Waals surface area contributed by atoms with Gasteiger partial charge in [0.2, 0.25) is 5.91 Å². The average molecular weight is 374 g/mol. The number of nitrogens with one attached hydrogen (secondary N) is 2. The summed E-state index contributed by atoms with van der Waals surface area (Å²) < 4.78 is 5.53. The van der Waals surface area contributed by atoms with Crippen LogP contribution in [0.1, 0.15) is 12.8 Å².